The van der Waals surface area contributed by atoms with Crippen LogP contribution in [-0.2, 0) is 15.2 Å². The maximum Gasteiger partial charge on any atom is 0.159 e. The van der Waals surface area contributed by atoms with Crippen molar-refractivity contribution < 1.29 is 24.2 Å². The van der Waals surface area contributed by atoms with E-state index in [0.717, 1.165) is 43.2 Å². The third-order valence-corrected chi connectivity index (χ3v) is 10.4. The van der Waals surface area contributed by atoms with E-state index in [4.69, 9.17) is 9.47 Å². The first kappa shape index (κ1) is 23.6. The first-order valence-corrected chi connectivity index (χ1v) is 12.8. The van der Waals surface area contributed by atoms with Crippen LogP contribution in [-0.4, -0.2) is 30.9 Å². The highest BCUT2D eigenvalue weighted by molar-refractivity contribution is 6.05. The summed E-state index contributed by atoms with van der Waals surface area (Å²) in [7, 11) is 3.27. The molecular formula is C29H38O5. The van der Waals surface area contributed by atoms with E-state index < -0.39 is 5.60 Å². The van der Waals surface area contributed by atoms with Crippen molar-refractivity contribution in [2.45, 2.75) is 71.3 Å². The predicted octanol–water partition coefficient (Wildman–Crippen LogP) is 5.24. The number of rotatable bonds is 4. The number of Topliss-reactive ketones (excluding diaryl/α,β-unsaturated/α-hetero) is 1. The molecule has 34 heavy (non-hydrogen) atoms. The van der Waals surface area contributed by atoms with Crippen LogP contribution in [0.25, 0.3) is 0 Å². The lowest BCUT2D eigenvalue weighted by Crippen LogP contribution is -2.54. The lowest BCUT2D eigenvalue weighted by atomic mass is 9.46. The van der Waals surface area contributed by atoms with Gasteiger partial charge in [-0.05, 0) is 97.8 Å². The molecule has 1 N–H and O–H groups in total. The Kier molecular flexibility index (Phi) is 5.51. The molecule has 1 aromatic rings. The number of hydrogen-bond donors (Lipinski definition) is 1. The van der Waals surface area contributed by atoms with E-state index in [2.05, 4.69) is 13.8 Å². The largest absolute Gasteiger partial charge is 0.497 e. The summed E-state index contributed by atoms with van der Waals surface area (Å²) < 4.78 is 11.1. The van der Waals surface area contributed by atoms with Crippen LogP contribution in [0, 0.1) is 34.5 Å². The SMILES string of the molecule is COc1ccc(OC)c(C(C)(O)C2CCC3C4CC(=O)C5=CC(=O)CCC5(C)C4CCC32C)c1. The Bertz CT molecular complexity index is 1050. The Labute approximate surface area is 202 Å². The fourth-order valence-corrected chi connectivity index (χ4v) is 8.71. The maximum atomic E-state index is 13.3. The van der Waals surface area contributed by atoms with Crippen LogP contribution >= 0.6 is 0 Å². The van der Waals surface area contributed by atoms with Gasteiger partial charge in [0.15, 0.2) is 11.6 Å². The fraction of sp³-hybridized carbons (Fsp3) is 0.655. The Morgan fingerprint density at radius 1 is 1.03 bits per heavy atom. The molecule has 3 fully saturated rings. The van der Waals surface area contributed by atoms with E-state index in [1.807, 2.05) is 25.1 Å². The normalized spacial score (nSPS) is 38.8. The van der Waals surface area contributed by atoms with E-state index in [0.29, 0.717) is 42.1 Å². The van der Waals surface area contributed by atoms with Gasteiger partial charge in [-0.1, -0.05) is 13.8 Å². The minimum absolute atomic E-state index is 0.0553. The van der Waals surface area contributed by atoms with Crippen molar-refractivity contribution in [1.82, 2.24) is 0 Å². The van der Waals surface area contributed by atoms with Gasteiger partial charge in [0.1, 0.15) is 11.5 Å². The predicted molar refractivity (Wildman–Crippen MR) is 130 cm³/mol. The molecule has 7 unspecified atom stereocenters. The van der Waals surface area contributed by atoms with Crippen molar-refractivity contribution >= 4 is 11.6 Å². The van der Waals surface area contributed by atoms with Crippen LogP contribution in [0.15, 0.2) is 29.8 Å². The van der Waals surface area contributed by atoms with Crippen LogP contribution in [0.1, 0.15) is 71.3 Å². The molecule has 4 aliphatic carbocycles. The molecule has 0 aromatic heterocycles. The smallest absolute Gasteiger partial charge is 0.159 e. The molecule has 5 nitrogen and oxygen atoms in total. The summed E-state index contributed by atoms with van der Waals surface area (Å²) in [5, 5.41) is 12.1. The molecule has 0 aliphatic heterocycles. The molecule has 0 bridgehead atoms. The van der Waals surface area contributed by atoms with Crippen molar-refractivity contribution in [3.63, 3.8) is 0 Å². The highest BCUT2D eigenvalue weighted by atomic mass is 16.5. The molecule has 184 valence electrons. The highest BCUT2D eigenvalue weighted by Gasteiger charge is 2.63. The minimum Gasteiger partial charge on any atom is -0.497 e. The second-order valence-corrected chi connectivity index (χ2v) is 11.8. The third-order valence-electron chi connectivity index (χ3n) is 10.4. The van der Waals surface area contributed by atoms with Crippen molar-refractivity contribution in [3.05, 3.63) is 35.4 Å². The van der Waals surface area contributed by atoms with Gasteiger partial charge in [0, 0.05) is 24.0 Å². The van der Waals surface area contributed by atoms with E-state index in [-0.39, 0.29) is 28.3 Å². The molecule has 0 amide bonds. The standard InChI is InChI=1S/C29H38O5/c1-27-12-10-17(30)14-22(27)24(31)16-19-20-7-9-26(28(20,2)13-11-21(19)27)29(3,32)23-15-18(33-4)6-8-25(23)34-5/h6,8,14-15,19-21,26,32H,7,9-13,16H2,1-5H3. The van der Waals surface area contributed by atoms with Crippen LogP contribution in [0.4, 0.5) is 0 Å². The quantitative estimate of drug-likeness (QED) is 0.657. The van der Waals surface area contributed by atoms with Crippen LogP contribution < -0.4 is 9.47 Å². The van der Waals surface area contributed by atoms with E-state index in [1.165, 1.54) is 0 Å². The Hall–Kier alpha value is -2.14. The summed E-state index contributed by atoms with van der Waals surface area (Å²) in [4.78, 5) is 25.4. The first-order valence-electron chi connectivity index (χ1n) is 12.8. The Morgan fingerprint density at radius 3 is 2.50 bits per heavy atom. The molecule has 0 spiro atoms. The summed E-state index contributed by atoms with van der Waals surface area (Å²) >= 11 is 0. The molecule has 5 rings (SSSR count). The minimum atomic E-state index is -1.08. The summed E-state index contributed by atoms with van der Waals surface area (Å²) in [6.07, 6.45) is 7.54. The number of fused-ring (bicyclic) bond motifs is 5. The van der Waals surface area contributed by atoms with Gasteiger partial charge in [-0.15, -0.1) is 0 Å². The van der Waals surface area contributed by atoms with E-state index >= 15 is 0 Å². The molecule has 0 radical (unpaired) electrons. The lowest BCUT2D eigenvalue weighted by molar-refractivity contribution is -0.136. The zero-order valence-corrected chi connectivity index (χ0v) is 21.1. The van der Waals surface area contributed by atoms with Gasteiger partial charge in [-0.2, -0.15) is 0 Å². The number of hydrogen-bond acceptors (Lipinski definition) is 5. The Morgan fingerprint density at radius 2 is 1.79 bits per heavy atom. The second kappa shape index (κ2) is 7.94. The average Bonchev–Trinajstić information content (AvgIpc) is 3.18. The molecule has 1 aromatic carbocycles. The fourth-order valence-electron chi connectivity index (χ4n) is 8.71. The number of carbonyl (C=O) groups excluding carboxylic acids is 2. The highest BCUT2D eigenvalue weighted by Crippen LogP contribution is 2.68. The summed E-state index contributed by atoms with van der Waals surface area (Å²) in [6, 6.07) is 5.63. The number of ether oxygens (including phenoxy) is 2. The summed E-state index contributed by atoms with van der Waals surface area (Å²) in [5.74, 6) is 2.84. The first-order chi connectivity index (χ1) is 16.1. The monoisotopic (exact) mass is 466 g/mol. The van der Waals surface area contributed by atoms with E-state index in [1.54, 1.807) is 20.3 Å². The summed E-state index contributed by atoms with van der Waals surface area (Å²) in [5.41, 5.74) is 0.218. The van der Waals surface area contributed by atoms with Crippen molar-refractivity contribution in [3.8, 4) is 11.5 Å². The van der Waals surface area contributed by atoms with Gasteiger partial charge in [-0.3, -0.25) is 9.59 Å². The lowest BCUT2D eigenvalue weighted by Gasteiger charge is -2.58. The van der Waals surface area contributed by atoms with Gasteiger partial charge < -0.3 is 14.6 Å². The molecule has 4 aliphatic rings. The average molecular weight is 467 g/mol. The van der Waals surface area contributed by atoms with Gasteiger partial charge in [0.05, 0.1) is 19.8 Å². The van der Waals surface area contributed by atoms with Gasteiger partial charge in [0.2, 0.25) is 0 Å². The van der Waals surface area contributed by atoms with Crippen molar-refractivity contribution in [1.29, 1.82) is 0 Å². The number of ketones is 2. The van der Waals surface area contributed by atoms with Crippen LogP contribution in [0.2, 0.25) is 0 Å². The van der Waals surface area contributed by atoms with E-state index in [9.17, 15) is 14.7 Å². The van der Waals surface area contributed by atoms with Gasteiger partial charge in [-0.25, -0.2) is 0 Å². The topological polar surface area (TPSA) is 72.8 Å². The molecule has 5 heteroatoms. The zero-order chi connectivity index (χ0) is 24.5. The third kappa shape index (κ3) is 3.22. The van der Waals surface area contributed by atoms with Crippen LogP contribution in [0.3, 0.4) is 0 Å². The van der Waals surface area contributed by atoms with Crippen molar-refractivity contribution in [2.24, 2.45) is 34.5 Å². The molecule has 3 saturated carbocycles. The van der Waals surface area contributed by atoms with Gasteiger partial charge in [0.25, 0.3) is 0 Å². The molecule has 7 atom stereocenters. The number of allylic oxidation sites excluding steroid dienone is 1. The zero-order valence-electron chi connectivity index (χ0n) is 21.1. The molecule has 0 saturated heterocycles. The van der Waals surface area contributed by atoms with Gasteiger partial charge >= 0.3 is 0 Å². The van der Waals surface area contributed by atoms with Crippen molar-refractivity contribution in [2.75, 3.05) is 14.2 Å². The Balaban J connectivity index is 1.50. The molecule has 0 heterocycles. The number of methoxy groups -OCH3 is 2. The molecular weight excluding hydrogens is 428 g/mol. The number of benzene rings is 1. The second-order valence-electron chi connectivity index (χ2n) is 11.8. The summed E-state index contributed by atoms with van der Waals surface area (Å²) in [6.45, 7) is 6.50. The van der Waals surface area contributed by atoms with Crippen LogP contribution in [0.5, 0.6) is 11.5 Å². The maximum absolute atomic E-state index is 13.3. The number of carbonyl (C=O) groups is 2. The number of aliphatic hydroxyl groups is 1.